The number of benzene rings is 2. The summed E-state index contributed by atoms with van der Waals surface area (Å²) >= 11 is 0. The molecule has 150 valence electrons. The molecule has 0 spiro atoms. The van der Waals surface area contributed by atoms with Crippen molar-refractivity contribution in [2.75, 3.05) is 28.7 Å². The minimum atomic E-state index is -0.574. The van der Waals surface area contributed by atoms with Crippen molar-refractivity contribution in [3.63, 3.8) is 0 Å². The summed E-state index contributed by atoms with van der Waals surface area (Å²) in [6, 6.07) is 13.2. The highest BCUT2D eigenvalue weighted by atomic mass is 16.6. The van der Waals surface area contributed by atoms with E-state index in [9.17, 15) is 10.0 Å². The monoisotopic (exact) mass is 396 g/mol. The van der Waals surface area contributed by atoms with Crippen LogP contribution < -0.4 is 25.0 Å². The molecule has 1 aromatic heterocycles. The van der Waals surface area contributed by atoms with E-state index in [0.29, 0.717) is 47.3 Å². The number of anilines is 3. The molecule has 9 heteroatoms. The number of carbonyl (C=O) groups excluding carboxylic acids is 1. The van der Waals surface area contributed by atoms with Crippen LogP contribution in [0.15, 0.2) is 53.1 Å². The first-order chi connectivity index (χ1) is 14.1. The van der Waals surface area contributed by atoms with E-state index >= 15 is 0 Å². The van der Waals surface area contributed by atoms with Crippen molar-refractivity contribution < 1.29 is 24.0 Å². The molecular weight excluding hydrogens is 376 g/mol. The average molecular weight is 396 g/mol. The van der Waals surface area contributed by atoms with Crippen LogP contribution in [0.3, 0.4) is 0 Å². The first-order valence-corrected chi connectivity index (χ1v) is 9.18. The number of hydrogen-bond acceptors (Lipinski definition) is 7. The van der Waals surface area contributed by atoms with E-state index in [-0.39, 0.29) is 5.88 Å². The molecule has 0 saturated carbocycles. The molecule has 0 fully saturated rings. The third kappa shape index (κ3) is 3.43. The maximum absolute atomic E-state index is 12.5. The Morgan fingerprint density at radius 3 is 2.62 bits per heavy atom. The number of carbonyl (C=O) groups is 1. The summed E-state index contributed by atoms with van der Waals surface area (Å²) in [7, 11) is 0. The zero-order valence-electron chi connectivity index (χ0n) is 16.0. The normalized spacial score (nSPS) is 13.1. The number of para-hydroxylation sites is 2. The second-order valence-corrected chi connectivity index (χ2v) is 6.13. The minimum absolute atomic E-state index is 0.0568. The number of amides is 2. The molecule has 2 amide bonds. The van der Waals surface area contributed by atoms with Gasteiger partial charge in [0.25, 0.3) is 5.88 Å². The number of aromatic nitrogens is 1. The lowest BCUT2D eigenvalue weighted by molar-refractivity contribution is 0.215. The molecule has 2 N–H and O–H groups in total. The molecule has 1 aliphatic rings. The van der Waals surface area contributed by atoms with E-state index in [4.69, 9.17) is 14.0 Å². The highest BCUT2D eigenvalue weighted by Crippen LogP contribution is 2.36. The van der Waals surface area contributed by atoms with Gasteiger partial charge in [-0.3, -0.25) is 5.21 Å². The molecule has 9 nitrogen and oxygen atoms in total. The number of ether oxygens (including phenoxy) is 2. The number of hydrazine groups is 1. The van der Waals surface area contributed by atoms with Gasteiger partial charge in [0.1, 0.15) is 11.4 Å². The zero-order valence-corrected chi connectivity index (χ0v) is 16.0. The first-order valence-electron chi connectivity index (χ1n) is 9.18. The third-order valence-corrected chi connectivity index (χ3v) is 4.29. The average Bonchev–Trinajstić information content (AvgIpc) is 3.19. The van der Waals surface area contributed by atoms with E-state index in [0.717, 1.165) is 10.2 Å². The molecule has 0 bridgehead atoms. The van der Waals surface area contributed by atoms with E-state index in [2.05, 4.69) is 10.5 Å². The predicted octanol–water partition coefficient (Wildman–Crippen LogP) is 4.30. The van der Waals surface area contributed by atoms with Crippen molar-refractivity contribution in [1.82, 2.24) is 5.16 Å². The number of nitrogens with one attached hydrogen (secondary N) is 1. The lowest BCUT2D eigenvalue weighted by atomic mass is 10.1. The Morgan fingerprint density at radius 1 is 1.07 bits per heavy atom. The Hall–Kier alpha value is -3.72. The molecule has 0 unspecified atom stereocenters. The van der Waals surface area contributed by atoms with Crippen LogP contribution in [0.5, 0.6) is 11.5 Å². The summed E-state index contributed by atoms with van der Waals surface area (Å²) in [5, 5.41) is 18.9. The van der Waals surface area contributed by atoms with E-state index < -0.39 is 6.03 Å². The van der Waals surface area contributed by atoms with Crippen LogP contribution in [0.1, 0.15) is 13.8 Å². The summed E-state index contributed by atoms with van der Waals surface area (Å²) in [5.74, 6) is 1.28. The molecule has 0 radical (unpaired) electrons. The van der Waals surface area contributed by atoms with Crippen molar-refractivity contribution >= 4 is 23.3 Å². The molecule has 0 aliphatic carbocycles. The van der Waals surface area contributed by atoms with Gasteiger partial charge in [-0.2, -0.15) is 0 Å². The smallest absolute Gasteiger partial charge is 0.350 e. The fourth-order valence-corrected chi connectivity index (χ4v) is 3.02. The lowest BCUT2D eigenvalue weighted by Crippen LogP contribution is -2.50. The number of hydrogen-bond donors (Lipinski definition) is 2. The van der Waals surface area contributed by atoms with E-state index in [1.54, 1.807) is 42.5 Å². The van der Waals surface area contributed by atoms with Gasteiger partial charge in [-0.05, 0) is 44.2 Å². The SMILES string of the molecule is CCOc1ccc(-c2cc(N3C(=O)Nc4ccccc4N3O)on2)cc1OCC. The Kier molecular flexibility index (Phi) is 4.96. The molecule has 3 aromatic rings. The van der Waals surface area contributed by atoms with E-state index in [1.165, 1.54) is 0 Å². The van der Waals surface area contributed by atoms with Crippen LogP contribution in [-0.4, -0.2) is 29.6 Å². The second kappa shape index (κ2) is 7.72. The van der Waals surface area contributed by atoms with Gasteiger partial charge in [-0.25, -0.2) is 4.79 Å². The largest absolute Gasteiger partial charge is 0.490 e. The van der Waals surface area contributed by atoms with Gasteiger partial charge in [-0.15, -0.1) is 10.2 Å². The number of rotatable bonds is 6. The highest BCUT2D eigenvalue weighted by Gasteiger charge is 2.33. The molecule has 0 atom stereocenters. The highest BCUT2D eigenvalue weighted by molar-refractivity contribution is 6.07. The maximum Gasteiger partial charge on any atom is 0.350 e. The van der Waals surface area contributed by atoms with E-state index in [1.807, 2.05) is 19.9 Å². The van der Waals surface area contributed by atoms with Gasteiger partial charge < -0.3 is 19.3 Å². The van der Waals surface area contributed by atoms with Gasteiger partial charge in [-0.1, -0.05) is 17.3 Å². The number of urea groups is 1. The Bertz CT molecular complexity index is 1040. The standard InChI is InChI=1S/C20H20N4O5/c1-3-27-17-10-9-13(11-18(17)28-4-2)15-12-19(29-22-15)23-20(25)21-14-7-5-6-8-16(14)24(23)26/h5-12,26H,3-4H2,1-2H3,(H,21,25). The summed E-state index contributed by atoms with van der Waals surface area (Å²) < 4.78 is 16.5. The van der Waals surface area contributed by atoms with Gasteiger partial charge in [0.15, 0.2) is 11.5 Å². The summed E-state index contributed by atoms with van der Waals surface area (Å²) in [6.45, 7) is 4.79. The first kappa shape index (κ1) is 18.6. The fourth-order valence-electron chi connectivity index (χ4n) is 3.02. The van der Waals surface area contributed by atoms with Crippen LogP contribution in [0.4, 0.5) is 22.1 Å². The molecule has 2 aromatic carbocycles. The zero-order chi connectivity index (χ0) is 20.4. The van der Waals surface area contributed by atoms with Crippen LogP contribution in [0, 0.1) is 0 Å². The maximum atomic E-state index is 12.5. The second-order valence-electron chi connectivity index (χ2n) is 6.13. The minimum Gasteiger partial charge on any atom is -0.490 e. The predicted molar refractivity (Wildman–Crippen MR) is 106 cm³/mol. The van der Waals surface area contributed by atoms with Gasteiger partial charge in [0, 0.05) is 11.6 Å². The van der Waals surface area contributed by atoms with Gasteiger partial charge >= 0.3 is 6.03 Å². The van der Waals surface area contributed by atoms with Crippen molar-refractivity contribution in [2.24, 2.45) is 0 Å². The fraction of sp³-hybridized carbons (Fsp3) is 0.200. The summed E-state index contributed by atoms with van der Waals surface area (Å²) in [5.41, 5.74) is 2.09. The van der Waals surface area contributed by atoms with Crippen LogP contribution in [-0.2, 0) is 0 Å². The Labute approximate surface area is 167 Å². The van der Waals surface area contributed by atoms with Crippen molar-refractivity contribution in [3.8, 4) is 22.8 Å². The van der Waals surface area contributed by atoms with Crippen molar-refractivity contribution in [3.05, 3.63) is 48.5 Å². The van der Waals surface area contributed by atoms with Crippen molar-refractivity contribution in [2.45, 2.75) is 13.8 Å². The molecule has 2 heterocycles. The lowest BCUT2D eigenvalue weighted by Gasteiger charge is -2.33. The van der Waals surface area contributed by atoms with Gasteiger partial charge in [0.05, 0.1) is 18.9 Å². The Morgan fingerprint density at radius 2 is 1.83 bits per heavy atom. The quantitative estimate of drug-likeness (QED) is 0.641. The van der Waals surface area contributed by atoms with Gasteiger partial charge in [0.2, 0.25) is 0 Å². The molecule has 29 heavy (non-hydrogen) atoms. The van der Waals surface area contributed by atoms with Crippen molar-refractivity contribution in [1.29, 1.82) is 0 Å². The Balaban J connectivity index is 1.65. The molecular formula is C20H20N4O5. The molecule has 4 rings (SSSR count). The number of fused-ring (bicyclic) bond motifs is 1. The van der Waals surface area contributed by atoms with Crippen LogP contribution in [0.2, 0.25) is 0 Å². The molecule has 1 aliphatic heterocycles. The van der Waals surface area contributed by atoms with Crippen LogP contribution >= 0.6 is 0 Å². The number of nitrogens with zero attached hydrogens (tertiary/aromatic N) is 3. The summed E-state index contributed by atoms with van der Waals surface area (Å²) in [6.07, 6.45) is 0. The van der Waals surface area contributed by atoms with Crippen LogP contribution in [0.25, 0.3) is 11.3 Å². The topological polar surface area (TPSA) is 100 Å². The summed E-state index contributed by atoms with van der Waals surface area (Å²) in [4.78, 5) is 12.5. The third-order valence-electron chi connectivity index (χ3n) is 4.29. The molecule has 0 saturated heterocycles.